The maximum atomic E-state index is 13.1. The van der Waals surface area contributed by atoms with Crippen molar-refractivity contribution in [1.82, 2.24) is 15.0 Å². The highest BCUT2D eigenvalue weighted by molar-refractivity contribution is 7.48. The van der Waals surface area contributed by atoms with Crippen LogP contribution in [0.4, 0.5) is 0 Å². The summed E-state index contributed by atoms with van der Waals surface area (Å²) in [5, 5.41) is 11.2. The van der Waals surface area contributed by atoms with E-state index in [1.807, 2.05) is 0 Å². The van der Waals surface area contributed by atoms with E-state index >= 15 is 0 Å². The molecule has 3 unspecified atom stereocenters. The van der Waals surface area contributed by atoms with Crippen molar-refractivity contribution in [2.24, 2.45) is 15.9 Å². The Kier molecular flexibility index (Phi) is 11.1. The number of nitroso groups, excluding NO2 is 3. The molecule has 0 rings (SSSR count). The Labute approximate surface area is 152 Å². The maximum Gasteiger partial charge on any atom is 0.480 e. The highest BCUT2D eigenvalue weighted by atomic mass is 31.2. The summed E-state index contributed by atoms with van der Waals surface area (Å²) in [4.78, 5) is 32.4. The van der Waals surface area contributed by atoms with Gasteiger partial charge in [-0.3, -0.25) is 13.6 Å². The monoisotopic (exact) mass is 398 g/mol. The van der Waals surface area contributed by atoms with Crippen molar-refractivity contribution in [2.45, 2.75) is 60.2 Å². The van der Waals surface area contributed by atoms with Gasteiger partial charge in [0.2, 0.25) is 0 Å². The van der Waals surface area contributed by atoms with Crippen LogP contribution in [-0.4, -0.2) is 53.3 Å². The third-order valence-electron chi connectivity index (χ3n) is 3.39. The second-order valence-electron chi connectivity index (χ2n) is 5.07. The molecule has 0 heterocycles. The third-order valence-corrected chi connectivity index (χ3v) is 5.08. The van der Waals surface area contributed by atoms with Gasteiger partial charge in [-0.25, -0.2) is 19.6 Å². The second kappa shape index (κ2) is 11.8. The molecular weight excluding hydrogens is 371 g/mol. The van der Waals surface area contributed by atoms with E-state index in [1.165, 1.54) is 20.8 Å². The molecule has 0 radical (unpaired) electrons. The van der Waals surface area contributed by atoms with Gasteiger partial charge in [0, 0.05) is 19.6 Å². The fourth-order valence-corrected chi connectivity index (χ4v) is 3.54. The number of phosphoric acid groups is 1. The Bertz CT molecular complexity index is 432. The molecule has 0 N–H and O–H groups in total. The fourth-order valence-electron chi connectivity index (χ4n) is 1.94. The topological polar surface area (TPSA) is 143 Å². The average molecular weight is 398 g/mol. The van der Waals surface area contributed by atoms with Crippen LogP contribution in [0.1, 0.15) is 41.5 Å². The summed E-state index contributed by atoms with van der Waals surface area (Å²) in [5.74, 6) is 0. The van der Waals surface area contributed by atoms with Gasteiger partial charge < -0.3 is 0 Å². The van der Waals surface area contributed by atoms with Gasteiger partial charge >= 0.3 is 7.82 Å². The molecule has 14 heteroatoms. The van der Waals surface area contributed by atoms with Crippen LogP contribution in [0.25, 0.3) is 0 Å². The van der Waals surface area contributed by atoms with E-state index in [0.717, 1.165) is 15.0 Å². The minimum Gasteiger partial charge on any atom is -0.261 e. The van der Waals surface area contributed by atoms with Crippen LogP contribution >= 0.6 is 7.82 Å². The van der Waals surface area contributed by atoms with Gasteiger partial charge in [-0.05, 0) is 41.5 Å². The Hall–Kier alpha value is -1.69. The Balaban J connectivity index is 5.48. The molecule has 0 spiro atoms. The minimum absolute atomic E-state index is 0.184. The predicted molar refractivity (Wildman–Crippen MR) is 93.8 cm³/mol. The number of hydrogen-bond donors (Lipinski definition) is 0. The number of hydrogen-bond acceptors (Lipinski definition) is 10. The molecule has 13 nitrogen and oxygen atoms in total. The first-order chi connectivity index (χ1) is 12.2. The fraction of sp³-hybridized carbons (Fsp3) is 1.00. The van der Waals surface area contributed by atoms with Crippen LogP contribution in [0.5, 0.6) is 0 Å². The molecule has 0 aromatic carbocycles. The molecule has 0 bridgehead atoms. The molecule has 0 aromatic heterocycles. The standard InChI is InChI=1S/C12H27N6O7P/c1-7-16(13-19)10(4)23-26(22,24-11(5)17(8-2)14-20)25-12(6)18(9-3)15-21/h10-12H,7-9H2,1-6H3. The lowest BCUT2D eigenvalue weighted by Gasteiger charge is -2.32. The van der Waals surface area contributed by atoms with Crippen LogP contribution in [0.15, 0.2) is 15.9 Å². The van der Waals surface area contributed by atoms with Crippen molar-refractivity contribution in [2.75, 3.05) is 19.6 Å². The van der Waals surface area contributed by atoms with Gasteiger partial charge in [-0.2, -0.15) is 0 Å². The lowest BCUT2D eigenvalue weighted by molar-refractivity contribution is -0.0656. The van der Waals surface area contributed by atoms with E-state index in [-0.39, 0.29) is 19.6 Å². The minimum atomic E-state index is -4.35. The van der Waals surface area contributed by atoms with Gasteiger partial charge in [0.05, 0.1) is 15.9 Å². The highest BCUT2D eigenvalue weighted by Gasteiger charge is 2.38. The number of nitrogens with zero attached hydrogens (tertiary/aromatic N) is 6. The Morgan fingerprint density at radius 2 is 0.923 bits per heavy atom. The van der Waals surface area contributed by atoms with Crippen LogP contribution < -0.4 is 0 Å². The SMILES string of the molecule is CCN(N=O)C(C)OP(=O)(OC(C)N(CC)N=O)OC(C)N(CC)N=O. The van der Waals surface area contributed by atoms with E-state index < -0.39 is 26.5 Å². The van der Waals surface area contributed by atoms with Crippen LogP contribution in [0.2, 0.25) is 0 Å². The molecule has 0 aromatic rings. The Morgan fingerprint density at radius 3 is 1.08 bits per heavy atom. The molecule has 3 atom stereocenters. The van der Waals surface area contributed by atoms with Gasteiger partial charge in [-0.15, -0.1) is 14.7 Å². The number of rotatable bonds is 15. The van der Waals surface area contributed by atoms with E-state index in [4.69, 9.17) is 13.6 Å². The molecule has 0 aliphatic heterocycles. The summed E-state index contributed by atoms with van der Waals surface area (Å²) in [6.45, 7) is 9.74. The zero-order chi connectivity index (χ0) is 20.3. The van der Waals surface area contributed by atoms with E-state index in [1.54, 1.807) is 20.8 Å². The first-order valence-electron chi connectivity index (χ1n) is 8.16. The molecular formula is C12H27N6O7P. The summed E-state index contributed by atoms with van der Waals surface area (Å²) < 4.78 is 29.0. The van der Waals surface area contributed by atoms with Gasteiger partial charge in [-0.1, -0.05) is 0 Å². The molecule has 0 saturated heterocycles. The van der Waals surface area contributed by atoms with E-state index in [9.17, 15) is 19.3 Å². The van der Waals surface area contributed by atoms with Crippen LogP contribution in [0.3, 0.4) is 0 Å². The van der Waals surface area contributed by atoms with Crippen molar-refractivity contribution in [3.63, 3.8) is 0 Å². The molecule has 26 heavy (non-hydrogen) atoms. The smallest absolute Gasteiger partial charge is 0.261 e. The van der Waals surface area contributed by atoms with Crippen LogP contribution in [0, 0.1) is 14.7 Å². The van der Waals surface area contributed by atoms with Crippen LogP contribution in [-0.2, 0) is 18.1 Å². The van der Waals surface area contributed by atoms with Crippen molar-refractivity contribution in [3.8, 4) is 0 Å². The maximum absolute atomic E-state index is 13.1. The Morgan fingerprint density at radius 1 is 0.692 bits per heavy atom. The largest absolute Gasteiger partial charge is 0.480 e. The first-order valence-corrected chi connectivity index (χ1v) is 9.62. The van der Waals surface area contributed by atoms with Gasteiger partial charge in [0.25, 0.3) is 0 Å². The summed E-state index contributed by atoms with van der Waals surface area (Å²) in [6.07, 6.45) is -3.16. The number of phosphoric ester groups is 1. The van der Waals surface area contributed by atoms with Gasteiger partial charge in [0.1, 0.15) is 0 Å². The molecule has 0 fully saturated rings. The molecule has 0 amide bonds. The van der Waals surface area contributed by atoms with Gasteiger partial charge in [0.15, 0.2) is 18.7 Å². The first kappa shape index (κ1) is 24.3. The second-order valence-corrected chi connectivity index (χ2v) is 6.60. The summed E-state index contributed by atoms with van der Waals surface area (Å²) in [5.41, 5.74) is 0. The summed E-state index contributed by atoms with van der Waals surface area (Å²) in [6, 6.07) is 0. The van der Waals surface area contributed by atoms with Crippen molar-refractivity contribution in [3.05, 3.63) is 14.7 Å². The van der Waals surface area contributed by atoms with E-state index in [0.29, 0.717) is 0 Å². The summed E-state index contributed by atoms with van der Waals surface area (Å²) >= 11 is 0. The highest BCUT2D eigenvalue weighted by Crippen LogP contribution is 2.53. The molecule has 0 aliphatic rings. The van der Waals surface area contributed by atoms with E-state index in [2.05, 4.69) is 15.9 Å². The van der Waals surface area contributed by atoms with Crippen molar-refractivity contribution < 1.29 is 18.1 Å². The normalized spacial score (nSPS) is 16.7. The quantitative estimate of drug-likeness (QED) is 0.174. The third kappa shape index (κ3) is 7.28. The van der Waals surface area contributed by atoms with Crippen molar-refractivity contribution >= 4 is 7.82 Å². The zero-order valence-corrected chi connectivity index (χ0v) is 16.7. The average Bonchev–Trinajstić information content (AvgIpc) is 2.57. The lowest BCUT2D eigenvalue weighted by Crippen LogP contribution is -2.35. The molecule has 0 saturated carbocycles. The zero-order valence-electron chi connectivity index (χ0n) is 15.8. The lowest BCUT2D eigenvalue weighted by atomic mass is 10.6. The predicted octanol–water partition coefficient (Wildman–Crippen LogP) is 3.19. The van der Waals surface area contributed by atoms with Crippen molar-refractivity contribution in [1.29, 1.82) is 0 Å². The molecule has 0 aliphatic carbocycles. The summed E-state index contributed by atoms with van der Waals surface area (Å²) in [7, 11) is -4.35. The molecule has 152 valence electrons.